The van der Waals surface area contributed by atoms with Gasteiger partial charge in [0, 0.05) is 24.3 Å². The number of amides is 2. The van der Waals surface area contributed by atoms with Crippen molar-refractivity contribution in [2.45, 2.75) is 13.1 Å². The average Bonchev–Trinajstić information content (AvgIpc) is 2.93. The summed E-state index contributed by atoms with van der Waals surface area (Å²) in [5.41, 5.74) is 0.932. The molecule has 0 aliphatic carbocycles. The molecule has 0 saturated carbocycles. The number of hydrogen-bond donors (Lipinski definition) is 3. The van der Waals surface area contributed by atoms with Crippen LogP contribution in [-0.4, -0.2) is 27.1 Å². The number of nitrogens with zero attached hydrogens (tertiary/aromatic N) is 2. The molecule has 2 heterocycles. The molecule has 2 aromatic rings. The number of carboxylic acids is 1. The Labute approximate surface area is 118 Å². The first-order valence-corrected chi connectivity index (χ1v) is 6.61. The summed E-state index contributed by atoms with van der Waals surface area (Å²) in [6.07, 6.45) is 3.30. The van der Waals surface area contributed by atoms with Crippen LogP contribution in [0.15, 0.2) is 29.9 Å². The van der Waals surface area contributed by atoms with E-state index < -0.39 is 5.97 Å². The highest BCUT2D eigenvalue weighted by Crippen LogP contribution is 2.09. The van der Waals surface area contributed by atoms with E-state index in [4.69, 9.17) is 5.11 Å². The van der Waals surface area contributed by atoms with E-state index in [2.05, 4.69) is 20.6 Å². The average molecular weight is 292 g/mol. The lowest BCUT2D eigenvalue weighted by molar-refractivity contribution is 0.0691. The van der Waals surface area contributed by atoms with Gasteiger partial charge in [-0.1, -0.05) is 0 Å². The molecule has 3 N–H and O–H groups in total. The first-order chi connectivity index (χ1) is 9.65. The molecule has 0 bridgehead atoms. The Bertz CT molecular complexity index is 600. The molecule has 0 saturated heterocycles. The van der Waals surface area contributed by atoms with Crippen LogP contribution in [0.5, 0.6) is 0 Å². The summed E-state index contributed by atoms with van der Waals surface area (Å²) >= 11 is 1.19. The van der Waals surface area contributed by atoms with Gasteiger partial charge in [0.25, 0.3) is 0 Å². The zero-order valence-electron chi connectivity index (χ0n) is 10.4. The van der Waals surface area contributed by atoms with Gasteiger partial charge in [0.2, 0.25) is 0 Å². The van der Waals surface area contributed by atoms with Crippen molar-refractivity contribution in [3.05, 3.63) is 46.2 Å². The standard InChI is InChI=1S/C12H12N4O3S/c17-11(18)9-7-20-10(16-9)6-15-12(19)14-5-8-1-3-13-4-2-8/h1-4,7H,5-6H2,(H,17,18)(H2,14,15,19). The third kappa shape index (κ3) is 4.02. The van der Waals surface area contributed by atoms with Gasteiger partial charge >= 0.3 is 12.0 Å². The minimum Gasteiger partial charge on any atom is -0.476 e. The summed E-state index contributed by atoms with van der Waals surface area (Å²) in [6, 6.07) is 3.27. The monoisotopic (exact) mass is 292 g/mol. The molecule has 0 fully saturated rings. The van der Waals surface area contributed by atoms with Crippen LogP contribution in [0.25, 0.3) is 0 Å². The summed E-state index contributed by atoms with van der Waals surface area (Å²) in [6.45, 7) is 0.590. The highest BCUT2D eigenvalue weighted by molar-refractivity contribution is 7.09. The maximum atomic E-state index is 11.6. The number of carbonyl (C=O) groups is 2. The van der Waals surface area contributed by atoms with Crippen LogP contribution in [-0.2, 0) is 13.1 Å². The SMILES string of the molecule is O=C(NCc1ccncc1)NCc1nc(C(=O)O)cs1. The molecular formula is C12H12N4O3S. The number of urea groups is 1. The molecule has 0 aliphatic heterocycles. The van der Waals surface area contributed by atoms with Crippen molar-refractivity contribution in [2.75, 3.05) is 0 Å². The molecule has 2 aromatic heterocycles. The molecular weight excluding hydrogens is 280 g/mol. The third-order valence-electron chi connectivity index (χ3n) is 2.37. The highest BCUT2D eigenvalue weighted by atomic mass is 32.1. The number of aromatic carboxylic acids is 1. The molecule has 0 unspecified atom stereocenters. The van der Waals surface area contributed by atoms with Gasteiger partial charge in [0.15, 0.2) is 5.69 Å². The van der Waals surface area contributed by atoms with Crippen molar-refractivity contribution >= 4 is 23.3 Å². The fraction of sp³-hybridized carbons (Fsp3) is 0.167. The second-order valence-electron chi connectivity index (χ2n) is 3.82. The van der Waals surface area contributed by atoms with Gasteiger partial charge < -0.3 is 15.7 Å². The summed E-state index contributed by atoms with van der Waals surface area (Å²) < 4.78 is 0. The number of carbonyl (C=O) groups excluding carboxylic acids is 1. The van der Waals surface area contributed by atoms with E-state index >= 15 is 0 Å². The predicted molar refractivity (Wildman–Crippen MR) is 72.4 cm³/mol. The van der Waals surface area contributed by atoms with Crippen molar-refractivity contribution in [1.82, 2.24) is 20.6 Å². The molecule has 0 spiro atoms. The van der Waals surface area contributed by atoms with Gasteiger partial charge in [0.1, 0.15) is 5.01 Å². The lowest BCUT2D eigenvalue weighted by Crippen LogP contribution is -2.34. The molecule has 2 rings (SSSR count). The van der Waals surface area contributed by atoms with Crippen molar-refractivity contribution < 1.29 is 14.7 Å². The van der Waals surface area contributed by atoms with E-state index in [0.29, 0.717) is 11.6 Å². The van der Waals surface area contributed by atoms with E-state index in [9.17, 15) is 9.59 Å². The molecule has 20 heavy (non-hydrogen) atoms. The smallest absolute Gasteiger partial charge is 0.355 e. The highest BCUT2D eigenvalue weighted by Gasteiger charge is 2.09. The largest absolute Gasteiger partial charge is 0.476 e. The van der Waals surface area contributed by atoms with Gasteiger partial charge in [-0.15, -0.1) is 11.3 Å². The molecule has 0 atom stereocenters. The molecule has 0 radical (unpaired) electrons. The second kappa shape index (κ2) is 6.62. The number of rotatable bonds is 5. The van der Waals surface area contributed by atoms with Crippen molar-refractivity contribution in [3.63, 3.8) is 0 Å². The lowest BCUT2D eigenvalue weighted by atomic mass is 10.3. The summed E-state index contributed by atoms with van der Waals surface area (Å²) in [4.78, 5) is 30.0. The quantitative estimate of drug-likeness (QED) is 0.769. The van der Waals surface area contributed by atoms with Crippen LogP contribution in [0, 0.1) is 0 Å². The van der Waals surface area contributed by atoms with E-state index in [1.165, 1.54) is 16.7 Å². The van der Waals surface area contributed by atoms with Crippen LogP contribution in [0.1, 0.15) is 21.1 Å². The molecule has 104 valence electrons. The van der Waals surface area contributed by atoms with E-state index in [1.807, 2.05) is 0 Å². The number of nitrogens with one attached hydrogen (secondary N) is 2. The Morgan fingerprint density at radius 1 is 1.20 bits per heavy atom. The number of thiazole rings is 1. The van der Waals surface area contributed by atoms with Crippen LogP contribution >= 0.6 is 11.3 Å². The van der Waals surface area contributed by atoms with Gasteiger partial charge in [-0.3, -0.25) is 4.98 Å². The molecule has 0 aliphatic rings. The fourth-order valence-corrected chi connectivity index (χ4v) is 2.10. The number of hydrogen-bond acceptors (Lipinski definition) is 5. The Morgan fingerprint density at radius 3 is 2.55 bits per heavy atom. The first-order valence-electron chi connectivity index (χ1n) is 5.73. The third-order valence-corrected chi connectivity index (χ3v) is 3.22. The molecule has 0 aromatic carbocycles. The van der Waals surface area contributed by atoms with Gasteiger partial charge in [-0.25, -0.2) is 14.6 Å². The van der Waals surface area contributed by atoms with Crippen LogP contribution < -0.4 is 10.6 Å². The normalized spacial score (nSPS) is 10.0. The van der Waals surface area contributed by atoms with Gasteiger partial charge in [-0.2, -0.15) is 0 Å². The Morgan fingerprint density at radius 2 is 1.90 bits per heavy atom. The fourth-order valence-electron chi connectivity index (χ4n) is 1.39. The van der Waals surface area contributed by atoms with Crippen LogP contribution in [0.4, 0.5) is 4.79 Å². The maximum Gasteiger partial charge on any atom is 0.355 e. The van der Waals surface area contributed by atoms with Crippen molar-refractivity contribution in [3.8, 4) is 0 Å². The lowest BCUT2D eigenvalue weighted by Gasteiger charge is -2.06. The summed E-state index contributed by atoms with van der Waals surface area (Å²) in [5, 5.41) is 16.0. The Hall–Kier alpha value is -2.48. The topological polar surface area (TPSA) is 104 Å². The van der Waals surface area contributed by atoms with Crippen molar-refractivity contribution in [1.29, 1.82) is 0 Å². The maximum absolute atomic E-state index is 11.6. The van der Waals surface area contributed by atoms with Gasteiger partial charge in [-0.05, 0) is 17.7 Å². The van der Waals surface area contributed by atoms with E-state index in [-0.39, 0.29) is 18.3 Å². The second-order valence-corrected chi connectivity index (χ2v) is 4.77. The zero-order chi connectivity index (χ0) is 14.4. The molecule has 2 amide bonds. The zero-order valence-corrected chi connectivity index (χ0v) is 11.2. The number of pyridine rings is 1. The molecule has 8 heteroatoms. The van der Waals surface area contributed by atoms with Gasteiger partial charge in [0.05, 0.1) is 6.54 Å². The summed E-state index contributed by atoms with van der Waals surface area (Å²) in [7, 11) is 0. The number of carboxylic acid groups (broad SMARTS) is 1. The van der Waals surface area contributed by atoms with E-state index in [1.54, 1.807) is 24.5 Å². The minimum atomic E-state index is -1.07. The van der Waals surface area contributed by atoms with Crippen molar-refractivity contribution in [2.24, 2.45) is 0 Å². The Kier molecular flexibility index (Phi) is 4.61. The number of aromatic nitrogens is 2. The Balaban J connectivity index is 1.76. The van der Waals surface area contributed by atoms with Crippen LogP contribution in [0.3, 0.4) is 0 Å². The summed E-state index contributed by atoms with van der Waals surface area (Å²) in [5.74, 6) is -1.07. The minimum absolute atomic E-state index is 0.0102. The predicted octanol–water partition coefficient (Wildman–Crippen LogP) is 1.24. The van der Waals surface area contributed by atoms with E-state index in [0.717, 1.165) is 5.56 Å². The van der Waals surface area contributed by atoms with Crippen LogP contribution in [0.2, 0.25) is 0 Å². The molecule has 7 nitrogen and oxygen atoms in total. The first kappa shape index (κ1) is 13.9.